The number of rotatable bonds is 8. The summed E-state index contributed by atoms with van der Waals surface area (Å²) in [6.45, 7) is 11.2. The van der Waals surface area contributed by atoms with Gasteiger partial charge < -0.3 is 20.1 Å². The molecule has 5 unspecified atom stereocenters. The first-order valence-corrected chi connectivity index (χ1v) is 17.3. The molecular weight excluding hydrogens is 615 g/mol. The minimum Gasteiger partial charge on any atom is -0.508 e. The minimum atomic E-state index is -0.938. The van der Waals surface area contributed by atoms with Crippen LogP contribution in [0.3, 0.4) is 0 Å². The number of hydrogen-bond acceptors (Lipinski definition) is 7. The number of hydrogen-bond donors (Lipinski definition) is 2. The van der Waals surface area contributed by atoms with E-state index in [1.54, 1.807) is 6.08 Å². The summed E-state index contributed by atoms with van der Waals surface area (Å²) in [5.74, 6) is -1.35. The summed E-state index contributed by atoms with van der Waals surface area (Å²) in [7, 11) is 0. The van der Waals surface area contributed by atoms with Gasteiger partial charge in [0.25, 0.3) is 0 Å². The summed E-state index contributed by atoms with van der Waals surface area (Å²) >= 11 is 0. The lowest BCUT2D eigenvalue weighted by molar-refractivity contribution is -0.0790. The maximum atomic E-state index is 16.4. The van der Waals surface area contributed by atoms with Crippen molar-refractivity contribution >= 4 is 28.9 Å². The van der Waals surface area contributed by atoms with Crippen LogP contribution in [0.1, 0.15) is 76.5 Å². The fourth-order valence-electron chi connectivity index (χ4n) is 8.78. The second kappa shape index (κ2) is 12.4. The monoisotopic (exact) mass is 661 g/mol. The highest BCUT2D eigenvalue weighted by Gasteiger charge is 2.50. The number of benzene rings is 2. The minimum absolute atomic E-state index is 0.00245. The molecule has 0 radical (unpaired) electrons. The van der Waals surface area contributed by atoms with Crippen molar-refractivity contribution < 1.29 is 23.0 Å². The van der Waals surface area contributed by atoms with Crippen molar-refractivity contribution in [1.82, 2.24) is 20.2 Å². The van der Waals surface area contributed by atoms with Gasteiger partial charge in [0.2, 0.25) is 0 Å². The Hall–Kier alpha value is -3.63. The van der Waals surface area contributed by atoms with E-state index in [2.05, 4.69) is 40.9 Å². The molecule has 2 aromatic carbocycles. The topological polar surface area (TPSA) is 73.8 Å². The van der Waals surface area contributed by atoms with Crippen molar-refractivity contribution in [3.8, 4) is 6.01 Å². The zero-order chi connectivity index (χ0) is 33.8. The van der Waals surface area contributed by atoms with Gasteiger partial charge in [0.1, 0.15) is 29.1 Å². The Labute approximate surface area is 280 Å². The molecule has 0 spiro atoms. The van der Waals surface area contributed by atoms with Gasteiger partial charge in [-0.05, 0) is 101 Å². The number of allylic oxidation sites excluding steroid dienone is 1. The Morgan fingerprint density at radius 1 is 1.12 bits per heavy atom. The average molecular weight is 662 g/mol. The summed E-state index contributed by atoms with van der Waals surface area (Å²) in [5, 5.41) is 14.6. The zero-order valence-corrected chi connectivity index (χ0v) is 28.3. The van der Waals surface area contributed by atoms with Crippen LogP contribution in [0.25, 0.3) is 23.1 Å². The van der Waals surface area contributed by atoms with Gasteiger partial charge >= 0.3 is 6.01 Å². The van der Waals surface area contributed by atoms with Crippen molar-refractivity contribution in [3.63, 3.8) is 0 Å². The number of nitrogens with zero attached hydrogens (tertiary/aromatic N) is 4. The second-order valence-electron chi connectivity index (χ2n) is 15.1. The quantitative estimate of drug-likeness (QED) is 0.193. The molecule has 48 heavy (non-hydrogen) atoms. The van der Waals surface area contributed by atoms with Crippen molar-refractivity contribution in [2.75, 3.05) is 37.7 Å². The number of aliphatic hydroxyl groups excluding tert-OH is 1. The van der Waals surface area contributed by atoms with E-state index in [4.69, 9.17) is 9.72 Å². The average Bonchev–Trinajstić information content (AvgIpc) is 3.26. The van der Waals surface area contributed by atoms with Gasteiger partial charge in [-0.3, -0.25) is 4.90 Å². The molecular formula is C38H46F3N5O2. The van der Waals surface area contributed by atoms with Crippen LogP contribution in [0.15, 0.2) is 42.2 Å². The highest BCUT2D eigenvalue weighted by Crippen LogP contribution is 2.45. The number of aliphatic hydroxyl groups is 1. The first-order chi connectivity index (χ1) is 22.9. The maximum Gasteiger partial charge on any atom is 0.319 e. The maximum absolute atomic E-state index is 16.4. The van der Waals surface area contributed by atoms with Gasteiger partial charge in [-0.2, -0.15) is 9.97 Å². The van der Waals surface area contributed by atoms with E-state index in [1.807, 2.05) is 31.2 Å². The molecule has 0 aliphatic carbocycles. The van der Waals surface area contributed by atoms with Crippen LogP contribution >= 0.6 is 0 Å². The molecule has 3 aromatic rings. The number of fused-ring (bicyclic) bond motifs is 5. The van der Waals surface area contributed by atoms with Crippen LogP contribution in [-0.2, 0) is 6.42 Å². The molecule has 256 valence electrons. The number of halogens is 3. The molecule has 0 amide bonds. The lowest BCUT2D eigenvalue weighted by Gasteiger charge is -2.53. The fraction of sp³-hybridized carbons (Fsp3) is 0.526. The summed E-state index contributed by atoms with van der Waals surface area (Å²) in [5.41, 5.74) is 0.771. The van der Waals surface area contributed by atoms with E-state index in [0.29, 0.717) is 31.9 Å². The second-order valence-corrected chi connectivity index (χ2v) is 15.1. The van der Waals surface area contributed by atoms with Gasteiger partial charge in [-0.25, -0.2) is 13.2 Å². The molecule has 4 bridgehead atoms. The molecule has 4 saturated heterocycles. The highest BCUT2D eigenvalue weighted by atomic mass is 19.1. The lowest BCUT2D eigenvalue weighted by Crippen LogP contribution is -2.63. The van der Waals surface area contributed by atoms with E-state index in [1.165, 1.54) is 18.2 Å². The molecule has 0 saturated carbocycles. The van der Waals surface area contributed by atoms with Gasteiger partial charge in [0.15, 0.2) is 5.82 Å². The third kappa shape index (κ3) is 6.17. The van der Waals surface area contributed by atoms with Gasteiger partial charge in [0.05, 0.1) is 6.61 Å². The molecule has 10 heteroatoms. The number of anilines is 1. The molecule has 1 aromatic heterocycles. The predicted molar refractivity (Wildman–Crippen MR) is 184 cm³/mol. The third-order valence-corrected chi connectivity index (χ3v) is 11.3. The summed E-state index contributed by atoms with van der Waals surface area (Å²) in [6, 6.07) is 9.13. The standard InChI is InChI=1S/C38H46F3N5O2/c1-5-25-8-6-9-26(16-25)17-28(47)10-11-29-31(40)18-30-33(32(29)41)42-35(43-34(30)46-21-36(3)13-14-37(4,22-46)44-36)48-23-38-12-7-15-45(24(38)2)20-27(39)19-38/h6,8-11,16-18,24,27,44,47H,5,7,12-15,19-23H2,1-4H3/b11-10+,28-17+/t24?,27-,36?,37?,38?/m1/s1. The number of piperazine rings is 1. The van der Waals surface area contributed by atoms with E-state index in [9.17, 15) is 9.50 Å². The van der Waals surface area contributed by atoms with Crippen LogP contribution in [-0.4, -0.2) is 76.1 Å². The number of ether oxygens (including phenoxy) is 1. The van der Waals surface area contributed by atoms with Crippen molar-refractivity contribution in [2.45, 2.75) is 89.5 Å². The zero-order valence-electron chi connectivity index (χ0n) is 28.3. The Kier molecular flexibility index (Phi) is 8.47. The molecule has 4 aliphatic heterocycles. The molecule has 7 nitrogen and oxygen atoms in total. The highest BCUT2D eigenvalue weighted by molar-refractivity contribution is 5.92. The fourth-order valence-corrected chi connectivity index (χ4v) is 8.78. The number of nitrogens with one attached hydrogen (secondary N) is 1. The van der Waals surface area contributed by atoms with E-state index < -0.39 is 23.2 Å². The van der Waals surface area contributed by atoms with E-state index in [-0.39, 0.29) is 52.0 Å². The molecule has 5 heterocycles. The van der Waals surface area contributed by atoms with Crippen molar-refractivity contribution in [2.24, 2.45) is 5.41 Å². The van der Waals surface area contributed by atoms with Crippen LogP contribution in [0.5, 0.6) is 6.01 Å². The Balaban J connectivity index is 1.27. The van der Waals surface area contributed by atoms with E-state index >= 15 is 8.78 Å². The smallest absolute Gasteiger partial charge is 0.319 e. The molecule has 7 rings (SSSR count). The first-order valence-electron chi connectivity index (χ1n) is 17.3. The van der Waals surface area contributed by atoms with Crippen LogP contribution in [0.2, 0.25) is 0 Å². The molecule has 2 N–H and O–H groups in total. The van der Waals surface area contributed by atoms with E-state index in [0.717, 1.165) is 49.8 Å². The Bertz CT molecular complexity index is 1760. The summed E-state index contributed by atoms with van der Waals surface area (Å²) in [4.78, 5) is 13.6. The van der Waals surface area contributed by atoms with Crippen molar-refractivity contribution in [1.29, 1.82) is 0 Å². The molecule has 6 atom stereocenters. The third-order valence-electron chi connectivity index (χ3n) is 11.3. The van der Waals surface area contributed by atoms with Crippen molar-refractivity contribution in [3.05, 3.63) is 70.5 Å². The van der Waals surface area contributed by atoms with Gasteiger partial charge in [-0.1, -0.05) is 31.2 Å². The SMILES string of the molecule is CCc1cccc(/C=C(O)\C=C\c2c(F)cc3c(N4CC5(C)CCC(C)(C4)N5)nc(OCC45CCCN(C[C@H](F)C4)C5C)nc3c2F)c1. The summed E-state index contributed by atoms with van der Waals surface area (Å²) < 4.78 is 53.4. The Morgan fingerprint density at radius 2 is 1.90 bits per heavy atom. The Morgan fingerprint density at radius 3 is 2.65 bits per heavy atom. The number of piperidine rings is 2. The number of aromatic nitrogens is 2. The molecule has 4 fully saturated rings. The predicted octanol–water partition coefficient (Wildman–Crippen LogP) is 7.39. The normalized spacial score (nSPS) is 31.9. The number of alkyl halides is 1. The van der Waals surface area contributed by atoms with Gasteiger partial charge in [-0.15, -0.1) is 0 Å². The van der Waals surface area contributed by atoms with Crippen LogP contribution in [0, 0.1) is 17.0 Å². The first kappa shape index (κ1) is 32.9. The lowest BCUT2D eigenvalue weighted by atomic mass is 9.68. The number of aryl methyl sites for hydroxylation is 1. The molecule has 4 aliphatic rings. The summed E-state index contributed by atoms with van der Waals surface area (Å²) in [6.07, 6.45) is 8.12. The van der Waals surface area contributed by atoms with Crippen LogP contribution < -0.4 is 15.0 Å². The van der Waals surface area contributed by atoms with Crippen LogP contribution in [0.4, 0.5) is 19.0 Å². The van der Waals surface area contributed by atoms with Gasteiger partial charge in [0, 0.05) is 53.1 Å². The largest absolute Gasteiger partial charge is 0.508 e.